The second kappa shape index (κ2) is 22.5. The topological polar surface area (TPSA) is 338 Å². The number of unbranched alkanes of at least 4 members (excludes halogenated alkanes) is 1. The molecule has 0 aliphatic rings. The molecule has 0 rings (SSSR count). The van der Waals surface area contributed by atoms with Gasteiger partial charge in [0.25, 0.3) is 0 Å². The van der Waals surface area contributed by atoms with Gasteiger partial charge >= 0.3 is 5.97 Å². The number of aliphatic hydroxyl groups is 2. The Hall–Kier alpha value is -3.99. The van der Waals surface area contributed by atoms with E-state index in [1.165, 1.54) is 0 Å². The van der Waals surface area contributed by atoms with Crippen LogP contribution in [0, 0.1) is 5.21 Å². The molecule has 0 fully saturated rings. The zero-order valence-corrected chi connectivity index (χ0v) is 23.8. The Kier molecular flexibility index (Phi) is 20.5. The number of aliphatic hydroxyl groups excluding tert-OH is 2. The van der Waals surface area contributed by atoms with Gasteiger partial charge in [0.05, 0.1) is 6.61 Å². The maximum Gasteiger partial charge on any atom is 0.335 e. The first-order valence-corrected chi connectivity index (χ1v) is 13.6. The molecule has 0 aliphatic carbocycles. The number of nitrogens with two attached hydrogens (primary N) is 1. The number of carboxylic acids is 1. The first kappa shape index (κ1) is 40.0. The molecular formula is C23H42N8O13. The molecule has 0 aromatic heterocycles. The Balaban J connectivity index is 5.71. The Morgan fingerprint density at radius 3 is 2.05 bits per heavy atom. The highest BCUT2D eigenvalue weighted by Gasteiger charge is 2.37. The van der Waals surface area contributed by atoms with Crippen LogP contribution in [0.3, 0.4) is 0 Å². The number of carbonyl (C=O) groups is 7. The van der Waals surface area contributed by atoms with E-state index >= 15 is 0 Å². The SMILES string of the molecule is NCCCCNC(=O)C(CCCN(O)C=O)NC(=O)C(CO)NC(=O)C(NC(=O)C(CCC[NH+]([O-])O)NC=O)C(O)C(=O)O. The number of nitrogens with zero attached hydrogens (tertiary/aromatic N) is 1. The molecule has 0 aromatic carbocycles. The van der Waals surface area contributed by atoms with E-state index in [0.29, 0.717) is 24.4 Å². The minimum Gasteiger partial charge on any atom is -0.600 e. The molecule has 0 spiro atoms. The van der Waals surface area contributed by atoms with Gasteiger partial charge in [0.15, 0.2) is 6.10 Å². The molecule has 0 radical (unpaired) electrons. The summed E-state index contributed by atoms with van der Waals surface area (Å²) in [5, 5.41) is 67.9. The Morgan fingerprint density at radius 2 is 1.50 bits per heavy atom. The number of hydroxylamine groups is 4. The van der Waals surface area contributed by atoms with Gasteiger partial charge in [-0.3, -0.25) is 34.0 Å². The third-order valence-electron chi connectivity index (χ3n) is 6.00. The maximum atomic E-state index is 12.9. The van der Waals surface area contributed by atoms with E-state index in [-0.39, 0.29) is 58.1 Å². The van der Waals surface area contributed by atoms with Crippen LogP contribution >= 0.6 is 0 Å². The lowest BCUT2D eigenvalue weighted by Gasteiger charge is -2.26. The normalized spacial score (nSPS) is 14.9. The molecule has 13 N–H and O–H groups in total. The zero-order chi connectivity index (χ0) is 33.7. The highest BCUT2D eigenvalue weighted by atomic mass is 16.8. The fourth-order valence-electron chi connectivity index (χ4n) is 3.62. The third-order valence-corrected chi connectivity index (χ3v) is 6.00. The van der Waals surface area contributed by atoms with Crippen molar-refractivity contribution in [3.8, 4) is 0 Å². The molecule has 0 saturated heterocycles. The van der Waals surface area contributed by atoms with E-state index in [1.54, 1.807) is 0 Å². The summed E-state index contributed by atoms with van der Waals surface area (Å²) >= 11 is 0. The largest absolute Gasteiger partial charge is 0.600 e. The van der Waals surface area contributed by atoms with Crippen LogP contribution in [0.1, 0.15) is 38.5 Å². The van der Waals surface area contributed by atoms with Crippen molar-refractivity contribution >= 4 is 42.4 Å². The maximum absolute atomic E-state index is 12.9. The van der Waals surface area contributed by atoms with Gasteiger partial charge < -0.3 is 52.8 Å². The van der Waals surface area contributed by atoms with Crippen LogP contribution in [0.5, 0.6) is 0 Å². The molecule has 0 bridgehead atoms. The first-order chi connectivity index (χ1) is 20.8. The zero-order valence-electron chi connectivity index (χ0n) is 23.8. The van der Waals surface area contributed by atoms with Crippen molar-refractivity contribution in [2.75, 3.05) is 32.8 Å². The van der Waals surface area contributed by atoms with Crippen LogP contribution in [-0.4, -0.2) is 136 Å². The number of amides is 6. The average Bonchev–Trinajstić information content (AvgIpc) is 2.98. The summed E-state index contributed by atoms with van der Waals surface area (Å²) in [5.74, 6) is -6.35. The highest BCUT2D eigenvalue weighted by Crippen LogP contribution is 2.04. The number of carbonyl (C=O) groups excluding carboxylic acids is 6. The molecule has 0 aliphatic heterocycles. The van der Waals surface area contributed by atoms with Gasteiger partial charge in [-0.1, -0.05) is 0 Å². The van der Waals surface area contributed by atoms with Gasteiger partial charge in [-0.2, -0.15) is 0 Å². The van der Waals surface area contributed by atoms with Crippen molar-refractivity contribution in [2.45, 2.75) is 68.8 Å². The van der Waals surface area contributed by atoms with Crippen LogP contribution in [0.15, 0.2) is 0 Å². The van der Waals surface area contributed by atoms with E-state index < -0.39 is 71.7 Å². The monoisotopic (exact) mass is 638 g/mol. The van der Waals surface area contributed by atoms with E-state index in [2.05, 4.69) is 16.0 Å². The summed E-state index contributed by atoms with van der Waals surface area (Å²) in [4.78, 5) is 84.1. The number of aliphatic carboxylic acids is 1. The molecule has 0 saturated carbocycles. The quantitative estimate of drug-likeness (QED) is 0.0191. The van der Waals surface area contributed by atoms with Crippen molar-refractivity contribution < 1.29 is 64.5 Å². The lowest BCUT2D eigenvalue weighted by Crippen LogP contribution is -3.04. The minimum atomic E-state index is -2.57. The smallest absolute Gasteiger partial charge is 0.335 e. The fraction of sp³-hybridized carbons (Fsp3) is 0.696. The molecule has 21 nitrogen and oxygen atoms in total. The average molecular weight is 639 g/mol. The third kappa shape index (κ3) is 16.0. The van der Waals surface area contributed by atoms with Crippen molar-refractivity contribution in [2.24, 2.45) is 5.73 Å². The lowest BCUT2D eigenvalue weighted by atomic mass is 10.1. The predicted molar refractivity (Wildman–Crippen MR) is 145 cm³/mol. The summed E-state index contributed by atoms with van der Waals surface area (Å²) in [6.07, 6.45) is -1.59. The Labute approximate surface area is 251 Å². The van der Waals surface area contributed by atoms with Gasteiger partial charge in [0.2, 0.25) is 36.4 Å². The Morgan fingerprint density at radius 1 is 0.886 bits per heavy atom. The standard InChI is InChI=1S/C23H42N8O13/c24-7-1-2-8-25-19(36)15(6-3-9-30(42)13-34)27-21(38)16(11-32)28-22(39)17(18(35)23(40)41)29-20(37)14(26-12-33)5-4-10-31(43)44/h12-18,31-32,35,42-43H,1-11,24H2,(H,25,36)(H,26,33)(H,27,38)(H,28,39)(H,29,37)(H,40,41). The van der Waals surface area contributed by atoms with Gasteiger partial charge in [-0.15, -0.1) is 0 Å². The number of hydrogen-bond donors (Lipinski definition) is 12. The summed E-state index contributed by atoms with van der Waals surface area (Å²) < 4.78 is 0. The van der Waals surface area contributed by atoms with Gasteiger partial charge in [0.1, 0.15) is 30.7 Å². The number of quaternary nitrogens is 1. The van der Waals surface area contributed by atoms with E-state index in [9.17, 15) is 59.3 Å². The van der Waals surface area contributed by atoms with Gasteiger partial charge in [-0.05, 0) is 38.6 Å². The molecule has 252 valence electrons. The van der Waals surface area contributed by atoms with E-state index in [0.717, 1.165) is 0 Å². The Bertz CT molecular complexity index is 942. The predicted octanol–water partition coefficient (Wildman–Crippen LogP) is -6.97. The molecule has 0 heterocycles. The molecule has 6 amide bonds. The van der Waals surface area contributed by atoms with Crippen molar-refractivity contribution in [3.63, 3.8) is 0 Å². The van der Waals surface area contributed by atoms with Crippen molar-refractivity contribution in [1.29, 1.82) is 0 Å². The van der Waals surface area contributed by atoms with Crippen LogP contribution in [-0.2, 0) is 33.6 Å². The molecular weight excluding hydrogens is 596 g/mol. The van der Waals surface area contributed by atoms with E-state index in [1.807, 2.05) is 10.6 Å². The number of rotatable bonds is 25. The van der Waals surface area contributed by atoms with Gasteiger partial charge in [0, 0.05) is 19.5 Å². The van der Waals surface area contributed by atoms with Crippen molar-refractivity contribution in [1.82, 2.24) is 31.6 Å². The fourth-order valence-corrected chi connectivity index (χ4v) is 3.62. The summed E-state index contributed by atoms with van der Waals surface area (Å²) in [6.45, 7) is -1.06. The number of carboxylic acid groups (broad SMARTS) is 1. The number of hydrogen-bond acceptors (Lipinski definition) is 13. The van der Waals surface area contributed by atoms with Crippen molar-refractivity contribution in [3.05, 3.63) is 5.21 Å². The highest BCUT2D eigenvalue weighted by molar-refractivity contribution is 5.97. The lowest BCUT2D eigenvalue weighted by molar-refractivity contribution is -1.05. The minimum absolute atomic E-state index is 0.0356. The molecule has 21 heteroatoms. The van der Waals surface area contributed by atoms with Crippen LogP contribution in [0.2, 0.25) is 0 Å². The summed E-state index contributed by atoms with van der Waals surface area (Å²) in [7, 11) is 0. The number of nitrogens with one attached hydrogen (secondary N) is 6. The summed E-state index contributed by atoms with van der Waals surface area (Å²) in [6, 6.07) is -6.76. The second-order valence-electron chi connectivity index (χ2n) is 9.39. The second-order valence-corrected chi connectivity index (χ2v) is 9.39. The molecule has 6 unspecified atom stereocenters. The molecule has 0 aromatic rings. The van der Waals surface area contributed by atoms with Crippen LogP contribution in [0.4, 0.5) is 0 Å². The summed E-state index contributed by atoms with van der Waals surface area (Å²) in [5.41, 5.74) is 5.41. The molecule has 44 heavy (non-hydrogen) atoms. The first-order valence-electron chi connectivity index (χ1n) is 13.6. The van der Waals surface area contributed by atoms with Crippen LogP contribution < -0.4 is 37.5 Å². The van der Waals surface area contributed by atoms with Gasteiger partial charge in [-0.25, -0.2) is 20.3 Å². The molecule has 6 atom stereocenters. The van der Waals surface area contributed by atoms with E-state index in [4.69, 9.17) is 10.9 Å². The van der Waals surface area contributed by atoms with Crippen LogP contribution in [0.25, 0.3) is 0 Å².